The molecule has 202 valence electrons. The zero-order valence-corrected chi connectivity index (χ0v) is 22.2. The van der Waals surface area contributed by atoms with Crippen molar-refractivity contribution in [1.82, 2.24) is 24.9 Å². The van der Waals surface area contributed by atoms with Gasteiger partial charge in [0.05, 0.1) is 10.9 Å². The van der Waals surface area contributed by atoms with Gasteiger partial charge in [0, 0.05) is 32.3 Å². The van der Waals surface area contributed by atoms with Crippen LogP contribution in [0.3, 0.4) is 0 Å². The van der Waals surface area contributed by atoms with E-state index in [9.17, 15) is 9.18 Å². The summed E-state index contributed by atoms with van der Waals surface area (Å²) in [6.45, 7) is 7.68. The standard InChI is InChI=1S/C25H33ClF2N6O3/c1-24(2,3)37-23(35)34-11-6-4-5-10-33(34)21-17-13-29-20(26)18(28)19(17)30-22(31-21)36-15-25-8-7-9-32(25)14-16(27)12-25/h13,16H,4-12,14-15H2,1-3H3/t16-,25+/m1/s1. The van der Waals surface area contributed by atoms with Crippen LogP contribution in [-0.2, 0) is 4.74 Å². The number of amides is 1. The second-order valence-corrected chi connectivity index (χ2v) is 11.5. The molecule has 2 atom stereocenters. The van der Waals surface area contributed by atoms with E-state index in [4.69, 9.17) is 21.1 Å². The van der Waals surface area contributed by atoms with E-state index in [-0.39, 0.29) is 29.1 Å². The molecule has 0 aliphatic carbocycles. The first-order chi connectivity index (χ1) is 17.6. The summed E-state index contributed by atoms with van der Waals surface area (Å²) in [5, 5.41) is 3.17. The number of carbonyl (C=O) groups excluding carboxylic acids is 1. The number of carbonyl (C=O) groups is 1. The minimum absolute atomic E-state index is 0.0519. The lowest BCUT2D eigenvalue weighted by atomic mass is 9.95. The van der Waals surface area contributed by atoms with Gasteiger partial charge < -0.3 is 9.47 Å². The van der Waals surface area contributed by atoms with Crippen LogP contribution in [0.5, 0.6) is 6.01 Å². The Hall–Kier alpha value is -2.53. The number of aromatic nitrogens is 3. The van der Waals surface area contributed by atoms with Crippen LogP contribution in [0.1, 0.15) is 59.3 Å². The van der Waals surface area contributed by atoms with Crippen molar-refractivity contribution in [3.63, 3.8) is 0 Å². The zero-order valence-electron chi connectivity index (χ0n) is 21.5. The molecule has 0 aromatic carbocycles. The Balaban J connectivity index is 1.53. The van der Waals surface area contributed by atoms with Crippen molar-refractivity contribution >= 4 is 34.4 Å². The quantitative estimate of drug-likeness (QED) is 0.507. The number of pyridine rings is 1. The molecule has 0 radical (unpaired) electrons. The Morgan fingerprint density at radius 3 is 2.76 bits per heavy atom. The zero-order chi connectivity index (χ0) is 26.4. The summed E-state index contributed by atoms with van der Waals surface area (Å²) in [4.78, 5) is 28.2. The van der Waals surface area contributed by atoms with Gasteiger partial charge in [-0.25, -0.2) is 23.6 Å². The summed E-state index contributed by atoms with van der Waals surface area (Å²) in [5.74, 6) is -0.511. The van der Waals surface area contributed by atoms with Crippen LogP contribution in [0.15, 0.2) is 6.20 Å². The minimum Gasteiger partial charge on any atom is -0.461 e. The Bertz CT molecular complexity index is 1180. The van der Waals surface area contributed by atoms with Crippen molar-refractivity contribution in [1.29, 1.82) is 0 Å². The lowest BCUT2D eigenvalue weighted by molar-refractivity contribution is 0.0232. The van der Waals surface area contributed by atoms with Crippen LogP contribution in [0.25, 0.3) is 10.9 Å². The average molecular weight is 539 g/mol. The van der Waals surface area contributed by atoms with Gasteiger partial charge >= 0.3 is 12.1 Å². The molecule has 0 bridgehead atoms. The summed E-state index contributed by atoms with van der Waals surface area (Å²) in [7, 11) is 0. The lowest BCUT2D eigenvalue weighted by Gasteiger charge is -2.36. The number of alkyl halides is 1. The fraction of sp³-hybridized carbons (Fsp3) is 0.680. The van der Waals surface area contributed by atoms with Gasteiger partial charge in [0.25, 0.3) is 0 Å². The molecule has 5 heterocycles. The van der Waals surface area contributed by atoms with E-state index in [1.54, 1.807) is 25.8 Å². The molecule has 0 unspecified atom stereocenters. The molecule has 12 heteroatoms. The van der Waals surface area contributed by atoms with Crippen LogP contribution < -0.4 is 9.75 Å². The monoisotopic (exact) mass is 538 g/mol. The molecule has 1 amide bonds. The largest absolute Gasteiger partial charge is 0.461 e. The maximum atomic E-state index is 15.2. The molecule has 2 aromatic rings. The smallest absolute Gasteiger partial charge is 0.429 e. The van der Waals surface area contributed by atoms with Gasteiger partial charge in [-0.3, -0.25) is 9.91 Å². The Morgan fingerprint density at radius 1 is 1.19 bits per heavy atom. The predicted molar refractivity (Wildman–Crippen MR) is 135 cm³/mol. The maximum absolute atomic E-state index is 15.2. The van der Waals surface area contributed by atoms with Crippen molar-refractivity contribution in [3.8, 4) is 6.01 Å². The summed E-state index contributed by atoms with van der Waals surface area (Å²) < 4.78 is 41.1. The molecule has 2 aromatic heterocycles. The van der Waals surface area contributed by atoms with Crippen molar-refractivity contribution in [3.05, 3.63) is 17.2 Å². The SMILES string of the molecule is CC(C)(C)OC(=O)N1CCCCCN1c1nc(OC[C@@]23CCCN2C[C@H](F)C3)nc2c(F)c(Cl)ncc12. The van der Waals surface area contributed by atoms with Crippen LogP contribution in [0, 0.1) is 5.82 Å². The molecule has 37 heavy (non-hydrogen) atoms. The first-order valence-electron chi connectivity index (χ1n) is 12.9. The molecule has 0 spiro atoms. The fourth-order valence-corrected chi connectivity index (χ4v) is 5.71. The molecule has 3 aliphatic rings. The number of hydrazine groups is 1. The third-order valence-corrected chi connectivity index (χ3v) is 7.48. The summed E-state index contributed by atoms with van der Waals surface area (Å²) in [6, 6.07) is -0.0550. The van der Waals surface area contributed by atoms with Crippen LogP contribution in [0.2, 0.25) is 5.15 Å². The highest BCUT2D eigenvalue weighted by Crippen LogP contribution is 2.40. The Labute approximate surface area is 220 Å². The first kappa shape index (κ1) is 26.1. The van der Waals surface area contributed by atoms with Crippen molar-refractivity contribution in [2.24, 2.45) is 0 Å². The van der Waals surface area contributed by atoms with Crippen molar-refractivity contribution in [2.75, 3.05) is 37.8 Å². The lowest BCUT2D eigenvalue weighted by Crippen LogP contribution is -2.49. The highest BCUT2D eigenvalue weighted by molar-refractivity contribution is 6.30. The number of nitrogens with zero attached hydrogens (tertiary/aromatic N) is 6. The molecular weight excluding hydrogens is 506 g/mol. The Morgan fingerprint density at radius 2 is 1.97 bits per heavy atom. The fourth-order valence-electron chi connectivity index (χ4n) is 5.57. The molecule has 3 saturated heterocycles. The average Bonchev–Trinajstić information content (AvgIpc) is 3.22. The molecule has 3 aliphatic heterocycles. The second-order valence-electron chi connectivity index (χ2n) is 11.1. The van der Waals surface area contributed by atoms with Crippen LogP contribution in [-0.4, -0.2) is 81.1 Å². The molecule has 5 rings (SSSR count). The van der Waals surface area contributed by atoms with Crippen molar-refractivity contribution < 1.29 is 23.0 Å². The van der Waals surface area contributed by atoms with Gasteiger partial charge in [-0.1, -0.05) is 11.6 Å². The van der Waals surface area contributed by atoms with Gasteiger partial charge in [-0.2, -0.15) is 9.97 Å². The van der Waals surface area contributed by atoms with Crippen LogP contribution in [0.4, 0.5) is 19.4 Å². The first-order valence-corrected chi connectivity index (χ1v) is 13.3. The Kier molecular flexibility index (Phi) is 7.04. The highest BCUT2D eigenvalue weighted by atomic mass is 35.5. The topological polar surface area (TPSA) is 83.9 Å². The predicted octanol–water partition coefficient (Wildman–Crippen LogP) is 4.91. The van der Waals surface area contributed by atoms with Gasteiger partial charge in [0.1, 0.15) is 23.9 Å². The summed E-state index contributed by atoms with van der Waals surface area (Å²) in [5.41, 5.74) is -1.17. The number of fused-ring (bicyclic) bond motifs is 2. The third-order valence-electron chi connectivity index (χ3n) is 7.21. The molecule has 9 nitrogen and oxygen atoms in total. The van der Waals surface area contributed by atoms with Crippen LogP contribution >= 0.6 is 11.6 Å². The number of rotatable bonds is 4. The van der Waals surface area contributed by atoms with E-state index in [0.29, 0.717) is 31.4 Å². The number of ether oxygens (including phenoxy) is 2. The normalized spacial score (nSPS) is 24.9. The second kappa shape index (κ2) is 9.98. The van der Waals surface area contributed by atoms with E-state index in [1.165, 1.54) is 11.2 Å². The number of anilines is 1. The summed E-state index contributed by atoms with van der Waals surface area (Å²) >= 11 is 5.99. The number of hydrogen-bond acceptors (Lipinski definition) is 8. The van der Waals surface area contributed by atoms with Gasteiger partial charge in [0.2, 0.25) is 0 Å². The maximum Gasteiger partial charge on any atom is 0.429 e. The van der Waals surface area contributed by atoms with Gasteiger partial charge in [-0.15, -0.1) is 0 Å². The van der Waals surface area contributed by atoms with Gasteiger partial charge in [-0.05, 0) is 59.4 Å². The molecule has 3 fully saturated rings. The molecule has 0 saturated carbocycles. The van der Waals surface area contributed by atoms with E-state index < -0.39 is 29.2 Å². The third kappa shape index (κ3) is 5.25. The van der Waals surface area contributed by atoms with E-state index in [2.05, 4.69) is 19.9 Å². The van der Waals surface area contributed by atoms with E-state index in [0.717, 1.165) is 38.6 Å². The highest BCUT2D eigenvalue weighted by Gasteiger charge is 2.49. The van der Waals surface area contributed by atoms with Gasteiger partial charge in [0.15, 0.2) is 16.8 Å². The minimum atomic E-state index is -0.904. The molecule has 0 N–H and O–H groups in total. The van der Waals surface area contributed by atoms with E-state index in [1.807, 2.05) is 0 Å². The number of halogens is 3. The summed E-state index contributed by atoms with van der Waals surface area (Å²) in [6.07, 6.45) is 4.62. The van der Waals surface area contributed by atoms with Crippen molar-refractivity contribution in [2.45, 2.75) is 76.6 Å². The number of hydrogen-bond donors (Lipinski definition) is 0. The molecular formula is C25H33ClF2N6O3. The van der Waals surface area contributed by atoms with E-state index >= 15 is 4.39 Å².